The van der Waals surface area contributed by atoms with Crippen LogP contribution in [0.25, 0.3) is 0 Å². The topological polar surface area (TPSA) is 73.6 Å². The second kappa shape index (κ2) is 7.69. The lowest BCUT2D eigenvalue weighted by molar-refractivity contribution is 0.0933. The van der Waals surface area contributed by atoms with Gasteiger partial charge >= 0.3 is 0 Å². The maximum Gasteiger partial charge on any atom is 0.255 e. The van der Waals surface area contributed by atoms with E-state index in [1.165, 1.54) is 14.2 Å². The van der Waals surface area contributed by atoms with Gasteiger partial charge in [-0.05, 0) is 18.6 Å². The minimum Gasteiger partial charge on any atom is -0.493 e. The molecule has 1 atom stereocenters. The van der Waals surface area contributed by atoms with Crippen LogP contribution in [0, 0.1) is 0 Å². The molecule has 110 valence electrons. The molecule has 1 aromatic carbocycles. The Bertz CT molecular complexity index is 491. The number of para-hydroxylation sites is 1. The lowest BCUT2D eigenvalue weighted by atomic mass is 10.1. The Hall–Kier alpha value is -1.82. The van der Waals surface area contributed by atoms with E-state index in [1.54, 1.807) is 18.2 Å². The van der Waals surface area contributed by atoms with Gasteiger partial charge in [-0.2, -0.15) is 0 Å². The minimum absolute atomic E-state index is 0.0871. The van der Waals surface area contributed by atoms with Crippen LogP contribution in [0.5, 0.6) is 11.5 Å². The number of nitrogens with one attached hydrogen (secondary N) is 1. The standard InChI is InChI=1S/C14H20N2O3S/c1-4-9(8-12(15)20)16-14(17)10-6-5-7-11(18-2)13(10)19-3/h5-7,9H,4,8H2,1-3H3,(H2,15,20)(H,16,17). The number of benzene rings is 1. The fraction of sp³-hybridized carbons (Fsp3) is 0.429. The highest BCUT2D eigenvalue weighted by atomic mass is 32.1. The van der Waals surface area contributed by atoms with Crippen LogP contribution < -0.4 is 20.5 Å². The number of ether oxygens (including phenoxy) is 2. The van der Waals surface area contributed by atoms with Gasteiger partial charge in [-0.15, -0.1) is 0 Å². The minimum atomic E-state index is -0.233. The zero-order chi connectivity index (χ0) is 15.1. The van der Waals surface area contributed by atoms with Crippen molar-refractivity contribution >= 4 is 23.1 Å². The summed E-state index contributed by atoms with van der Waals surface area (Å²) in [6.45, 7) is 1.96. The molecule has 6 heteroatoms. The van der Waals surface area contributed by atoms with Crippen molar-refractivity contribution in [2.45, 2.75) is 25.8 Å². The van der Waals surface area contributed by atoms with Crippen molar-refractivity contribution in [2.75, 3.05) is 14.2 Å². The Morgan fingerprint density at radius 2 is 2.10 bits per heavy atom. The van der Waals surface area contributed by atoms with Crippen LogP contribution in [0.2, 0.25) is 0 Å². The summed E-state index contributed by atoms with van der Waals surface area (Å²) in [7, 11) is 3.03. The van der Waals surface area contributed by atoms with Crippen LogP contribution in [-0.4, -0.2) is 31.2 Å². The number of rotatable bonds is 7. The zero-order valence-corrected chi connectivity index (χ0v) is 12.8. The number of hydrogen-bond acceptors (Lipinski definition) is 4. The molecule has 0 aliphatic carbocycles. The van der Waals surface area contributed by atoms with Gasteiger partial charge in [0, 0.05) is 12.5 Å². The van der Waals surface area contributed by atoms with Gasteiger partial charge in [-0.25, -0.2) is 0 Å². The predicted molar refractivity (Wildman–Crippen MR) is 82.5 cm³/mol. The molecule has 1 rings (SSSR count). The smallest absolute Gasteiger partial charge is 0.255 e. The highest BCUT2D eigenvalue weighted by molar-refractivity contribution is 7.80. The lowest BCUT2D eigenvalue weighted by Crippen LogP contribution is -2.37. The fourth-order valence-electron chi connectivity index (χ4n) is 1.87. The largest absolute Gasteiger partial charge is 0.493 e. The van der Waals surface area contributed by atoms with Gasteiger partial charge in [0.15, 0.2) is 11.5 Å². The predicted octanol–water partition coefficient (Wildman–Crippen LogP) is 1.89. The molecule has 0 fully saturated rings. The molecule has 0 aliphatic rings. The van der Waals surface area contributed by atoms with Gasteiger partial charge in [0.2, 0.25) is 0 Å². The second-order valence-electron chi connectivity index (χ2n) is 4.29. The van der Waals surface area contributed by atoms with Crippen LogP contribution in [-0.2, 0) is 0 Å². The molecule has 5 nitrogen and oxygen atoms in total. The third-order valence-electron chi connectivity index (χ3n) is 2.92. The van der Waals surface area contributed by atoms with E-state index in [0.29, 0.717) is 28.5 Å². The van der Waals surface area contributed by atoms with E-state index in [1.807, 2.05) is 6.92 Å². The average Bonchev–Trinajstić information content (AvgIpc) is 2.44. The summed E-state index contributed by atoms with van der Waals surface area (Å²) in [4.78, 5) is 12.7. The third-order valence-corrected chi connectivity index (χ3v) is 3.09. The van der Waals surface area contributed by atoms with Gasteiger partial charge in [0.05, 0.1) is 24.8 Å². The van der Waals surface area contributed by atoms with Gasteiger partial charge in [0.1, 0.15) is 0 Å². The van der Waals surface area contributed by atoms with Gasteiger partial charge < -0.3 is 20.5 Å². The normalized spacial score (nSPS) is 11.6. The molecule has 0 aromatic heterocycles. The van der Waals surface area contributed by atoms with Crippen molar-refractivity contribution in [1.82, 2.24) is 5.32 Å². The third kappa shape index (κ3) is 4.09. The van der Waals surface area contributed by atoms with Gasteiger partial charge in [-0.1, -0.05) is 25.2 Å². The van der Waals surface area contributed by atoms with Crippen LogP contribution in [0.1, 0.15) is 30.1 Å². The molecule has 0 saturated carbocycles. The quantitative estimate of drug-likeness (QED) is 0.752. The van der Waals surface area contributed by atoms with Crippen LogP contribution in [0.15, 0.2) is 18.2 Å². The molecular weight excluding hydrogens is 276 g/mol. The molecule has 0 radical (unpaired) electrons. The zero-order valence-electron chi connectivity index (χ0n) is 11.9. The van der Waals surface area contributed by atoms with Crippen molar-refractivity contribution in [3.05, 3.63) is 23.8 Å². The van der Waals surface area contributed by atoms with Crippen molar-refractivity contribution < 1.29 is 14.3 Å². The summed E-state index contributed by atoms with van der Waals surface area (Å²) in [6.07, 6.45) is 1.22. The Morgan fingerprint density at radius 3 is 2.60 bits per heavy atom. The van der Waals surface area contributed by atoms with E-state index in [2.05, 4.69) is 5.32 Å². The molecule has 0 bridgehead atoms. The Balaban J connectivity index is 2.94. The number of amides is 1. The van der Waals surface area contributed by atoms with Crippen molar-refractivity contribution in [3.63, 3.8) is 0 Å². The summed E-state index contributed by atoms with van der Waals surface area (Å²) in [5.74, 6) is 0.698. The first-order valence-corrected chi connectivity index (χ1v) is 6.74. The van der Waals surface area contributed by atoms with E-state index in [0.717, 1.165) is 6.42 Å². The molecule has 0 saturated heterocycles. The van der Waals surface area contributed by atoms with E-state index < -0.39 is 0 Å². The number of hydrogen-bond donors (Lipinski definition) is 2. The number of carbonyl (C=O) groups excluding carboxylic acids is 1. The van der Waals surface area contributed by atoms with Crippen molar-refractivity contribution in [3.8, 4) is 11.5 Å². The Morgan fingerprint density at radius 1 is 1.40 bits per heavy atom. The summed E-state index contributed by atoms with van der Waals surface area (Å²) in [6, 6.07) is 5.08. The van der Waals surface area contributed by atoms with Gasteiger partial charge in [0.25, 0.3) is 5.91 Å². The summed E-state index contributed by atoms with van der Waals surface area (Å²) >= 11 is 4.88. The van der Waals surface area contributed by atoms with E-state index in [4.69, 9.17) is 27.4 Å². The molecular formula is C14H20N2O3S. The Labute approximate surface area is 124 Å². The summed E-state index contributed by atoms with van der Waals surface area (Å²) in [5, 5.41) is 2.90. The molecule has 0 spiro atoms. The van der Waals surface area contributed by atoms with Crippen molar-refractivity contribution in [2.24, 2.45) is 5.73 Å². The van der Waals surface area contributed by atoms with E-state index in [-0.39, 0.29) is 11.9 Å². The Kier molecular flexibility index (Phi) is 6.24. The first-order valence-electron chi connectivity index (χ1n) is 6.33. The molecule has 1 amide bonds. The SMILES string of the molecule is CCC(CC(N)=S)NC(=O)c1cccc(OC)c1OC. The molecule has 1 unspecified atom stereocenters. The molecule has 0 heterocycles. The number of methoxy groups -OCH3 is 2. The highest BCUT2D eigenvalue weighted by Crippen LogP contribution is 2.30. The summed E-state index contributed by atoms with van der Waals surface area (Å²) in [5.41, 5.74) is 5.94. The first kappa shape index (κ1) is 16.2. The van der Waals surface area contributed by atoms with Crippen LogP contribution in [0.4, 0.5) is 0 Å². The van der Waals surface area contributed by atoms with Gasteiger partial charge in [-0.3, -0.25) is 4.79 Å². The molecule has 3 N–H and O–H groups in total. The summed E-state index contributed by atoms with van der Waals surface area (Å²) < 4.78 is 10.4. The maximum absolute atomic E-state index is 12.3. The monoisotopic (exact) mass is 296 g/mol. The van der Waals surface area contributed by atoms with Crippen LogP contribution in [0.3, 0.4) is 0 Å². The number of thiocarbonyl (C=S) groups is 1. The van der Waals surface area contributed by atoms with Crippen LogP contribution >= 0.6 is 12.2 Å². The van der Waals surface area contributed by atoms with Crippen molar-refractivity contribution in [1.29, 1.82) is 0 Å². The number of carbonyl (C=O) groups is 1. The maximum atomic E-state index is 12.3. The molecule has 20 heavy (non-hydrogen) atoms. The van der Waals surface area contributed by atoms with E-state index in [9.17, 15) is 4.79 Å². The lowest BCUT2D eigenvalue weighted by Gasteiger charge is -2.18. The fourth-order valence-corrected chi connectivity index (χ4v) is 2.07. The molecule has 0 aliphatic heterocycles. The second-order valence-corrected chi connectivity index (χ2v) is 4.81. The average molecular weight is 296 g/mol. The first-order chi connectivity index (χ1) is 9.53. The van der Waals surface area contributed by atoms with E-state index >= 15 is 0 Å². The highest BCUT2D eigenvalue weighted by Gasteiger charge is 2.19. The molecule has 1 aromatic rings. The number of nitrogens with two attached hydrogens (primary N) is 1.